The Morgan fingerprint density at radius 1 is 1.07 bits per heavy atom. The Labute approximate surface area is 84.4 Å². The van der Waals surface area contributed by atoms with E-state index >= 15 is 0 Å². The molecule has 2 rings (SSSR count). The van der Waals surface area contributed by atoms with Crippen molar-refractivity contribution >= 4 is 0 Å². The van der Waals surface area contributed by atoms with Crippen LogP contribution in [-0.2, 0) is 0 Å². The van der Waals surface area contributed by atoms with Gasteiger partial charge in [0.25, 0.3) is 0 Å². The van der Waals surface area contributed by atoms with Crippen LogP contribution in [0, 0.1) is 19.9 Å². The summed E-state index contributed by atoms with van der Waals surface area (Å²) >= 11 is 0. The van der Waals surface area contributed by atoms with Crippen LogP contribution < -0.4 is 0 Å². The Bertz CT molecular complexity index is 412. The van der Waals surface area contributed by atoms with Gasteiger partial charge in [0.05, 0.1) is 0 Å². The maximum absolute atomic E-state index is 4.16. The predicted molar refractivity (Wildman–Crippen MR) is 58.0 cm³/mol. The molecular formula is C13H12N. The first kappa shape index (κ1) is 8.95. The molecule has 1 nitrogen and oxygen atoms in total. The third-order valence-corrected chi connectivity index (χ3v) is 2.30. The lowest BCUT2D eigenvalue weighted by atomic mass is 9.98. The smallest absolute Gasteiger partial charge is 0.0303 e. The summed E-state index contributed by atoms with van der Waals surface area (Å²) in [5.74, 6) is 0. The highest BCUT2D eigenvalue weighted by Gasteiger charge is 2.04. The number of hydrogen-bond acceptors (Lipinski definition) is 1. The van der Waals surface area contributed by atoms with Crippen LogP contribution in [0.1, 0.15) is 11.1 Å². The predicted octanol–water partition coefficient (Wildman–Crippen LogP) is 3.17. The van der Waals surface area contributed by atoms with Crippen LogP contribution in [-0.4, -0.2) is 4.98 Å². The van der Waals surface area contributed by atoms with Gasteiger partial charge in [-0.25, -0.2) is 0 Å². The lowest BCUT2D eigenvalue weighted by molar-refractivity contribution is 1.22. The first-order valence-corrected chi connectivity index (χ1v) is 4.67. The SMILES string of the molecule is Cc1cncc(C)c1-c1[c]cccc1. The van der Waals surface area contributed by atoms with Crippen molar-refractivity contribution in [1.29, 1.82) is 0 Å². The van der Waals surface area contributed by atoms with Gasteiger partial charge in [-0.2, -0.15) is 0 Å². The molecule has 0 spiro atoms. The van der Waals surface area contributed by atoms with Gasteiger partial charge < -0.3 is 0 Å². The van der Waals surface area contributed by atoms with Gasteiger partial charge in [-0.15, -0.1) is 0 Å². The third-order valence-electron chi connectivity index (χ3n) is 2.30. The van der Waals surface area contributed by atoms with Gasteiger partial charge in [-0.3, -0.25) is 4.98 Å². The van der Waals surface area contributed by atoms with Crippen molar-refractivity contribution < 1.29 is 0 Å². The van der Waals surface area contributed by atoms with E-state index in [-0.39, 0.29) is 0 Å². The zero-order chi connectivity index (χ0) is 9.97. The van der Waals surface area contributed by atoms with E-state index in [0.717, 1.165) is 5.56 Å². The van der Waals surface area contributed by atoms with Crippen molar-refractivity contribution in [2.75, 3.05) is 0 Å². The van der Waals surface area contributed by atoms with Crippen molar-refractivity contribution in [3.05, 3.63) is 53.9 Å². The fourth-order valence-corrected chi connectivity index (χ4v) is 1.67. The molecule has 1 aromatic heterocycles. The highest BCUT2D eigenvalue weighted by atomic mass is 14.6. The summed E-state index contributed by atoms with van der Waals surface area (Å²) in [5.41, 5.74) is 4.80. The van der Waals surface area contributed by atoms with Crippen LogP contribution in [0.25, 0.3) is 11.1 Å². The molecule has 0 unspecified atom stereocenters. The molecule has 2 aromatic rings. The number of rotatable bonds is 1. The molecule has 0 fully saturated rings. The molecule has 0 aliphatic carbocycles. The average molecular weight is 182 g/mol. The van der Waals surface area contributed by atoms with Crippen LogP contribution in [0.5, 0.6) is 0 Å². The minimum absolute atomic E-state index is 1.14. The first-order valence-electron chi connectivity index (χ1n) is 4.67. The van der Waals surface area contributed by atoms with E-state index in [4.69, 9.17) is 0 Å². The summed E-state index contributed by atoms with van der Waals surface area (Å²) in [6.45, 7) is 4.16. The Hall–Kier alpha value is -1.63. The fraction of sp³-hybridized carbons (Fsp3) is 0.154. The van der Waals surface area contributed by atoms with Gasteiger partial charge in [0.15, 0.2) is 0 Å². The molecule has 0 saturated carbocycles. The molecule has 0 amide bonds. The van der Waals surface area contributed by atoms with Gasteiger partial charge in [-0.1, -0.05) is 24.3 Å². The Balaban J connectivity index is 2.63. The monoisotopic (exact) mass is 182 g/mol. The molecule has 0 saturated heterocycles. The average Bonchev–Trinajstić information content (AvgIpc) is 2.19. The maximum atomic E-state index is 4.16. The van der Waals surface area contributed by atoms with E-state index in [1.165, 1.54) is 16.7 Å². The van der Waals surface area contributed by atoms with E-state index in [2.05, 4.69) is 31.0 Å². The minimum atomic E-state index is 1.14. The van der Waals surface area contributed by atoms with Crippen molar-refractivity contribution in [2.45, 2.75) is 13.8 Å². The van der Waals surface area contributed by atoms with Crippen LogP contribution in [0.4, 0.5) is 0 Å². The quantitative estimate of drug-likeness (QED) is 0.660. The third kappa shape index (κ3) is 1.53. The Morgan fingerprint density at radius 2 is 1.79 bits per heavy atom. The molecule has 14 heavy (non-hydrogen) atoms. The van der Waals surface area contributed by atoms with E-state index in [0.29, 0.717) is 0 Å². The second-order valence-electron chi connectivity index (χ2n) is 3.42. The molecule has 0 aliphatic rings. The molecule has 0 bridgehead atoms. The topological polar surface area (TPSA) is 12.9 Å². The summed E-state index contributed by atoms with van der Waals surface area (Å²) < 4.78 is 0. The second kappa shape index (κ2) is 3.62. The van der Waals surface area contributed by atoms with Gasteiger partial charge in [0.2, 0.25) is 0 Å². The van der Waals surface area contributed by atoms with E-state index in [1.54, 1.807) is 0 Å². The van der Waals surface area contributed by atoms with Gasteiger partial charge in [-0.05, 0) is 42.2 Å². The highest BCUT2D eigenvalue weighted by molar-refractivity contribution is 5.69. The number of aromatic nitrogens is 1. The standard InChI is InChI=1S/C13H12N/c1-10-8-14-9-11(2)13(10)12-6-4-3-5-7-12/h3-6,8-9H,1-2H3. The Morgan fingerprint density at radius 3 is 2.36 bits per heavy atom. The van der Waals surface area contributed by atoms with Crippen molar-refractivity contribution in [2.24, 2.45) is 0 Å². The summed E-state index contributed by atoms with van der Waals surface area (Å²) in [7, 11) is 0. The lowest BCUT2D eigenvalue weighted by Crippen LogP contribution is -1.89. The number of aryl methyl sites for hydroxylation is 2. The maximum Gasteiger partial charge on any atom is 0.0303 e. The van der Waals surface area contributed by atoms with Crippen LogP contribution in [0.2, 0.25) is 0 Å². The number of nitrogens with zero attached hydrogens (tertiary/aromatic N) is 1. The number of benzene rings is 1. The normalized spacial score (nSPS) is 10.1. The van der Waals surface area contributed by atoms with Gasteiger partial charge in [0.1, 0.15) is 0 Å². The molecule has 1 heteroatoms. The van der Waals surface area contributed by atoms with Crippen LogP contribution >= 0.6 is 0 Å². The van der Waals surface area contributed by atoms with Gasteiger partial charge >= 0.3 is 0 Å². The summed E-state index contributed by atoms with van der Waals surface area (Å²) in [4.78, 5) is 4.16. The van der Waals surface area contributed by atoms with E-state index < -0.39 is 0 Å². The summed E-state index contributed by atoms with van der Waals surface area (Å²) in [6.07, 6.45) is 3.78. The van der Waals surface area contributed by atoms with Crippen LogP contribution in [0.15, 0.2) is 36.7 Å². The summed E-state index contributed by atoms with van der Waals surface area (Å²) in [5, 5.41) is 0. The summed E-state index contributed by atoms with van der Waals surface area (Å²) in [6, 6.07) is 11.3. The minimum Gasteiger partial charge on any atom is -0.264 e. The van der Waals surface area contributed by atoms with Crippen molar-refractivity contribution in [3.8, 4) is 11.1 Å². The molecule has 69 valence electrons. The number of pyridine rings is 1. The van der Waals surface area contributed by atoms with Crippen LogP contribution in [0.3, 0.4) is 0 Å². The number of hydrogen-bond donors (Lipinski definition) is 0. The van der Waals surface area contributed by atoms with Crippen molar-refractivity contribution in [1.82, 2.24) is 4.98 Å². The van der Waals surface area contributed by atoms with E-state index in [1.807, 2.05) is 30.6 Å². The molecule has 1 aromatic carbocycles. The van der Waals surface area contributed by atoms with Gasteiger partial charge in [0, 0.05) is 12.4 Å². The zero-order valence-corrected chi connectivity index (χ0v) is 8.41. The first-order chi connectivity index (χ1) is 6.79. The molecule has 0 atom stereocenters. The fourth-order valence-electron chi connectivity index (χ4n) is 1.67. The molecule has 1 heterocycles. The largest absolute Gasteiger partial charge is 0.264 e. The highest BCUT2D eigenvalue weighted by Crippen LogP contribution is 2.24. The second-order valence-corrected chi connectivity index (χ2v) is 3.42. The van der Waals surface area contributed by atoms with E-state index in [9.17, 15) is 0 Å². The molecule has 1 radical (unpaired) electrons. The molecular weight excluding hydrogens is 170 g/mol. The molecule has 0 aliphatic heterocycles. The lowest BCUT2D eigenvalue weighted by Gasteiger charge is -2.08. The van der Waals surface area contributed by atoms with Crippen molar-refractivity contribution in [3.63, 3.8) is 0 Å². The zero-order valence-electron chi connectivity index (χ0n) is 8.41. The molecule has 0 N–H and O–H groups in total. The Kier molecular flexibility index (Phi) is 2.32.